The van der Waals surface area contributed by atoms with Crippen molar-refractivity contribution in [2.45, 2.75) is 97.0 Å². The van der Waals surface area contributed by atoms with E-state index in [1.165, 1.54) is 19.3 Å². The zero-order valence-electron chi connectivity index (χ0n) is 24.1. The molecule has 3 aliphatic rings. The van der Waals surface area contributed by atoms with Crippen LogP contribution in [0, 0.1) is 23.6 Å². The van der Waals surface area contributed by atoms with Crippen LogP contribution in [0.4, 0.5) is 15.0 Å². The number of aliphatic hydroxyl groups is 1. The number of imidazole rings is 1. The van der Waals surface area contributed by atoms with Crippen molar-refractivity contribution in [1.82, 2.24) is 35.3 Å². The van der Waals surface area contributed by atoms with E-state index in [1.54, 1.807) is 19.9 Å². The number of rotatable bonds is 8. The van der Waals surface area contributed by atoms with Crippen molar-refractivity contribution in [2.24, 2.45) is 17.8 Å². The molecule has 1 unspecified atom stereocenters. The van der Waals surface area contributed by atoms with E-state index in [1.807, 2.05) is 0 Å². The molecule has 0 bridgehead atoms. The van der Waals surface area contributed by atoms with Gasteiger partial charge in [-0.25, -0.2) is 29.1 Å². The highest BCUT2D eigenvalue weighted by molar-refractivity contribution is 5.87. The summed E-state index contributed by atoms with van der Waals surface area (Å²) in [6, 6.07) is 1.74. The van der Waals surface area contributed by atoms with E-state index in [4.69, 9.17) is 19.8 Å². The van der Waals surface area contributed by atoms with Crippen LogP contribution in [0.2, 0.25) is 0 Å². The molecule has 12 heteroatoms. The lowest BCUT2D eigenvalue weighted by Gasteiger charge is -2.32. The van der Waals surface area contributed by atoms with Crippen LogP contribution in [0.5, 0.6) is 0 Å². The van der Waals surface area contributed by atoms with Crippen LogP contribution in [-0.4, -0.2) is 41.7 Å². The maximum atomic E-state index is 14.7. The highest BCUT2D eigenvalue weighted by Crippen LogP contribution is 2.37. The molecule has 2 saturated carbocycles. The summed E-state index contributed by atoms with van der Waals surface area (Å²) in [5, 5.41) is 17.0. The number of halogens is 1. The van der Waals surface area contributed by atoms with Crippen LogP contribution in [0.15, 0.2) is 12.3 Å². The first-order valence-corrected chi connectivity index (χ1v) is 14.7. The van der Waals surface area contributed by atoms with Crippen molar-refractivity contribution >= 4 is 23.1 Å². The molecule has 41 heavy (non-hydrogen) atoms. The Hall–Kier alpha value is -3.38. The fourth-order valence-corrected chi connectivity index (χ4v) is 6.14. The molecule has 1 aliphatic heterocycles. The number of carbonyl (C=O) groups excluding carboxylic acids is 1. The number of hydrogen-bond donors (Lipinski definition) is 4. The van der Waals surface area contributed by atoms with Gasteiger partial charge in [0.25, 0.3) is 0 Å². The van der Waals surface area contributed by atoms with Crippen molar-refractivity contribution in [1.29, 1.82) is 0 Å². The van der Waals surface area contributed by atoms with Crippen LogP contribution in [0.25, 0.3) is 22.7 Å². The summed E-state index contributed by atoms with van der Waals surface area (Å²) in [5.74, 6) is 2.58. The van der Waals surface area contributed by atoms with E-state index >= 15 is 0 Å². The Morgan fingerprint density at radius 3 is 2.59 bits per heavy atom. The first kappa shape index (κ1) is 27.8. The summed E-state index contributed by atoms with van der Waals surface area (Å²) in [7, 11) is 0. The van der Waals surface area contributed by atoms with Gasteiger partial charge in [-0.2, -0.15) is 0 Å². The molecule has 1 amide bonds. The zero-order chi connectivity index (χ0) is 28.9. The molecule has 2 atom stereocenters. The van der Waals surface area contributed by atoms with Gasteiger partial charge in [0.1, 0.15) is 17.0 Å². The topological polar surface area (TPSA) is 139 Å². The molecule has 4 N–H and O–H groups in total. The molecule has 1 saturated heterocycles. The second kappa shape index (κ2) is 10.8. The highest BCUT2D eigenvalue weighted by Gasteiger charge is 2.32. The van der Waals surface area contributed by atoms with Crippen molar-refractivity contribution in [3.8, 4) is 11.5 Å². The smallest absolute Gasteiger partial charge is 0.386 e. The monoisotopic (exact) mass is 566 g/mol. The molecule has 3 aromatic rings. The molecule has 0 spiro atoms. The molecule has 6 rings (SSSR count). The molecular weight excluding hydrogens is 527 g/mol. The Morgan fingerprint density at radius 2 is 1.95 bits per heavy atom. The van der Waals surface area contributed by atoms with Gasteiger partial charge in [-0.05, 0) is 70.3 Å². The van der Waals surface area contributed by atoms with Crippen molar-refractivity contribution in [3.05, 3.63) is 29.5 Å². The number of amides is 1. The Labute approximate surface area is 238 Å². The Bertz CT molecular complexity index is 1440. The summed E-state index contributed by atoms with van der Waals surface area (Å²) < 4.78 is 16.9. The van der Waals surface area contributed by atoms with Gasteiger partial charge < -0.3 is 19.8 Å². The normalized spacial score (nSPS) is 24.1. The number of anilines is 1. The molecule has 220 valence electrons. The highest BCUT2D eigenvalue weighted by atomic mass is 19.1. The molecule has 3 fully saturated rings. The van der Waals surface area contributed by atoms with Crippen molar-refractivity contribution in [2.75, 3.05) is 5.32 Å². The second-order valence-corrected chi connectivity index (χ2v) is 12.6. The number of hydroxylamine groups is 1. The first-order chi connectivity index (χ1) is 19.6. The number of nitrogens with zero attached hydrogens (tertiary/aromatic N) is 5. The van der Waals surface area contributed by atoms with Gasteiger partial charge >= 0.3 is 6.09 Å². The molecular formula is C29H39FN8O3. The van der Waals surface area contributed by atoms with Gasteiger partial charge in [0, 0.05) is 18.2 Å². The Kier molecular flexibility index (Phi) is 7.31. The fourth-order valence-electron chi connectivity index (χ4n) is 6.14. The minimum absolute atomic E-state index is 0.145. The average Bonchev–Trinajstić information content (AvgIpc) is 3.47. The maximum absolute atomic E-state index is 14.7. The standard InChI is InChI=1S/C29H39FN8O3/c1-15-8-10-17(11-9-15)14-38-22-23(32-16(2)18-6-5-7-18)33-25(26-36-28(39)41-37-26)34-24(22)35-27(38)21-12-19(29(3,4)40)20(30)13-31-21/h12-13,15-18,26,37,40H,5-11,14H2,1-4H3,(H,36,39)(H,32,33,34)/t15?,16-,17?,26?/m1/s1. The largest absolute Gasteiger partial charge is 0.427 e. The summed E-state index contributed by atoms with van der Waals surface area (Å²) in [6.45, 7) is 8.25. The molecule has 2 aliphatic carbocycles. The van der Waals surface area contributed by atoms with Crippen LogP contribution in [0.1, 0.15) is 90.2 Å². The third-order valence-electron chi connectivity index (χ3n) is 8.95. The summed E-state index contributed by atoms with van der Waals surface area (Å²) in [6.07, 6.45) is 7.87. The number of nitrogens with one attached hydrogen (secondary N) is 3. The lowest BCUT2D eigenvalue weighted by Crippen LogP contribution is -2.32. The molecule has 4 heterocycles. The van der Waals surface area contributed by atoms with Gasteiger partial charge in [-0.1, -0.05) is 26.2 Å². The van der Waals surface area contributed by atoms with Gasteiger partial charge in [0.15, 0.2) is 29.3 Å². The summed E-state index contributed by atoms with van der Waals surface area (Å²) in [5.41, 5.74) is 3.01. The minimum atomic E-state index is -1.40. The average molecular weight is 567 g/mol. The van der Waals surface area contributed by atoms with Crippen LogP contribution >= 0.6 is 0 Å². The van der Waals surface area contributed by atoms with Gasteiger partial charge in [0.2, 0.25) is 0 Å². The molecule has 11 nitrogen and oxygen atoms in total. The lowest BCUT2D eigenvalue weighted by atomic mass is 9.80. The Balaban J connectivity index is 1.51. The maximum Gasteiger partial charge on any atom is 0.427 e. The number of pyridine rings is 1. The number of fused-ring (bicyclic) bond motifs is 1. The second-order valence-electron chi connectivity index (χ2n) is 12.6. The number of carbonyl (C=O) groups is 1. The predicted octanol–water partition coefficient (Wildman–Crippen LogP) is 4.92. The van der Waals surface area contributed by atoms with E-state index in [2.05, 4.69) is 39.5 Å². The van der Waals surface area contributed by atoms with E-state index in [0.717, 1.165) is 37.4 Å². The quantitative estimate of drug-likeness (QED) is 0.299. The summed E-state index contributed by atoms with van der Waals surface area (Å²) in [4.78, 5) is 35.6. The van der Waals surface area contributed by atoms with E-state index in [-0.39, 0.29) is 11.6 Å². The Morgan fingerprint density at radius 1 is 1.20 bits per heavy atom. The summed E-state index contributed by atoms with van der Waals surface area (Å²) >= 11 is 0. The minimum Gasteiger partial charge on any atom is -0.386 e. The predicted molar refractivity (Wildman–Crippen MR) is 151 cm³/mol. The number of aromatic nitrogens is 5. The SMILES string of the molecule is CC1CCC(Cn2c(-c3cc(C(C)(C)O)c(F)cn3)nc3nc(C4NOC(=O)N4)nc(N[C@H](C)C4CCC4)c32)CC1. The third kappa shape index (κ3) is 5.59. The van der Waals surface area contributed by atoms with Crippen LogP contribution in [-0.2, 0) is 17.0 Å². The molecule has 0 aromatic carbocycles. The van der Waals surface area contributed by atoms with Gasteiger partial charge in [0.05, 0.1) is 11.8 Å². The number of hydrogen-bond acceptors (Lipinski definition) is 9. The van der Waals surface area contributed by atoms with Crippen LogP contribution < -0.4 is 16.1 Å². The van der Waals surface area contributed by atoms with Crippen molar-refractivity contribution in [3.63, 3.8) is 0 Å². The van der Waals surface area contributed by atoms with Crippen LogP contribution in [0.3, 0.4) is 0 Å². The van der Waals surface area contributed by atoms with E-state index in [0.29, 0.717) is 53.1 Å². The third-order valence-corrected chi connectivity index (χ3v) is 8.95. The van der Waals surface area contributed by atoms with Gasteiger partial charge in [-0.3, -0.25) is 5.32 Å². The van der Waals surface area contributed by atoms with Gasteiger partial charge in [-0.15, -0.1) is 5.48 Å². The molecule has 0 radical (unpaired) electrons. The zero-order valence-corrected chi connectivity index (χ0v) is 24.1. The fraction of sp³-hybridized carbons (Fsp3) is 0.621. The van der Waals surface area contributed by atoms with Crippen molar-refractivity contribution < 1.29 is 19.1 Å². The lowest BCUT2D eigenvalue weighted by molar-refractivity contribution is 0.0744. The van der Waals surface area contributed by atoms with E-state index in [9.17, 15) is 14.3 Å². The molecule has 3 aromatic heterocycles. The van der Waals surface area contributed by atoms with E-state index < -0.39 is 23.7 Å². The first-order valence-electron chi connectivity index (χ1n) is 14.7.